The third-order valence-electron chi connectivity index (χ3n) is 2.31. The molecule has 0 aromatic carbocycles. The predicted molar refractivity (Wildman–Crippen MR) is 59.1 cm³/mol. The molecule has 0 aliphatic rings. The lowest BCUT2D eigenvalue weighted by Gasteiger charge is -2.11. The molecule has 0 saturated heterocycles. The molecule has 1 unspecified atom stereocenters. The molecule has 1 N–H and O–H groups in total. The average Bonchev–Trinajstić information content (AvgIpc) is 2.39. The molecule has 16 heavy (non-hydrogen) atoms. The van der Waals surface area contributed by atoms with Crippen LogP contribution in [0.15, 0.2) is 43.0 Å². The lowest BCUT2D eigenvalue weighted by atomic mass is 10.0. The number of aliphatic hydroxyl groups is 1. The second kappa shape index (κ2) is 4.72. The van der Waals surface area contributed by atoms with Crippen molar-refractivity contribution in [2.75, 3.05) is 7.11 Å². The molecular formula is C12H12N2O2. The summed E-state index contributed by atoms with van der Waals surface area (Å²) in [5, 5.41) is 10.1. The number of nitrogens with zero attached hydrogens (tertiary/aromatic N) is 2. The van der Waals surface area contributed by atoms with E-state index in [0.717, 1.165) is 5.56 Å². The zero-order chi connectivity index (χ0) is 11.4. The van der Waals surface area contributed by atoms with Crippen molar-refractivity contribution in [3.05, 3.63) is 54.1 Å². The maximum atomic E-state index is 10.1. The average molecular weight is 216 g/mol. The monoisotopic (exact) mass is 216 g/mol. The fourth-order valence-electron chi connectivity index (χ4n) is 1.43. The summed E-state index contributed by atoms with van der Waals surface area (Å²) in [6.45, 7) is 0. The minimum atomic E-state index is -0.703. The first-order valence-corrected chi connectivity index (χ1v) is 4.88. The molecule has 0 saturated carbocycles. The van der Waals surface area contributed by atoms with Crippen molar-refractivity contribution >= 4 is 0 Å². The van der Waals surface area contributed by atoms with Crippen molar-refractivity contribution in [2.24, 2.45) is 0 Å². The molecule has 1 atom stereocenters. The molecule has 2 aromatic heterocycles. The van der Waals surface area contributed by atoms with Crippen LogP contribution in [0.5, 0.6) is 5.75 Å². The Kier molecular flexibility index (Phi) is 3.12. The smallest absolute Gasteiger partial charge is 0.137 e. The van der Waals surface area contributed by atoms with Crippen molar-refractivity contribution in [3.63, 3.8) is 0 Å². The van der Waals surface area contributed by atoms with E-state index < -0.39 is 6.10 Å². The molecule has 0 spiro atoms. The van der Waals surface area contributed by atoms with Crippen LogP contribution < -0.4 is 4.74 Å². The molecule has 0 amide bonds. The van der Waals surface area contributed by atoms with Crippen LogP contribution in [-0.2, 0) is 0 Å². The number of aromatic nitrogens is 2. The fraction of sp³-hybridized carbons (Fsp3) is 0.167. The minimum absolute atomic E-state index is 0.630. The van der Waals surface area contributed by atoms with Gasteiger partial charge in [0, 0.05) is 24.2 Å². The van der Waals surface area contributed by atoms with Gasteiger partial charge in [-0.25, -0.2) is 0 Å². The molecule has 82 valence electrons. The van der Waals surface area contributed by atoms with Gasteiger partial charge in [-0.1, -0.05) is 0 Å². The van der Waals surface area contributed by atoms with E-state index in [-0.39, 0.29) is 0 Å². The third-order valence-corrected chi connectivity index (χ3v) is 2.31. The number of pyridine rings is 2. The molecule has 2 aromatic rings. The van der Waals surface area contributed by atoms with E-state index in [0.29, 0.717) is 11.3 Å². The van der Waals surface area contributed by atoms with E-state index in [1.807, 2.05) is 0 Å². The number of aliphatic hydroxyl groups excluding tert-OH is 1. The van der Waals surface area contributed by atoms with Gasteiger partial charge in [0.05, 0.1) is 13.3 Å². The summed E-state index contributed by atoms with van der Waals surface area (Å²) in [6, 6.07) is 5.30. The van der Waals surface area contributed by atoms with Gasteiger partial charge in [0.1, 0.15) is 11.9 Å². The molecule has 4 heteroatoms. The van der Waals surface area contributed by atoms with Crippen LogP contribution in [0, 0.1) is 0 Å². The van der Waals surface area contributed by atoms with Crippen LogP contribution in [0.1, 0.15) is 17.2 Å². The quantitative estimate of drug-likeness (QED) is 0.846. The molecule has 0 aliphatic carbocycles. The Balaban J connectivity index is 2.30. The largest absolute Gasteiger partial charge is 0.495 e. The molecule has 0 fully saturated rings. The van der Waals surface area contributed by atoms with Gasteiger partial charge in [0.25, 0.3) is 0 Å². The Morgan fingerprint density at radius 3 is 2.56 bits per heavy atom. The summed E-state index contributed by atoms with van der Waals surface area (Å²) in [7, 11) is 1.57. The van der Waals surface area contributed by atoms with Crippen LogP contribution in [0.3, 0.4) is 0 Å². The molecule has 0 bridgehead atoms. The maximum absolute atomic E-state index is 10.1. The van der Waals surface area contributed by atoms with Gasteiger partial charge in [-0.05, 0) is 23.8 Å². The molecular weight excluding hydrogens is 204 g/mol. The number of rotatable bonds is 3. The van der Waals surface area contributed by atoms with Gasteiger partial charge in [-0.3, -0.25) is 9.97 Å². The first-order valence-electron chi connectivity index (χ1n) is 4.88. The van der Waals surface area contributed by atoms with E-state index in [4.69, 9.17) is 4.74 Å². The van der Waals surface area contributed by atoms with E-state index in [1.165, 1.54) is 0 Å². The van der Waals surface area contributed by atoms with Crippen molar-refractivity contribution in [1.82, 2.24) is 9.97 Å². The van der Waals surface area contributed by atoms with Gasteiger partial charge in [-0.2, -0.15) is 0 Å². The number of methoxy groups -OCH3 is 1. The Bertz CT molecular complexity index is 460. The van der Waals surface area contributed by atoms with Gasteiger partial charge in [-0.15, -0.1) is 0 Å². The lowest BCUT2D eigenvalue weighted by molar-refractivity contribution is 0.219. The highest BCUT2D eigenvalue weighted by molar-refractivity contribution is 5.31. The second-order valence-electron chi connectivity index (χ2n) is 3.34. The van der Waals surface area contributed by atoms with Crippen LogP contribution >= 0.6 is 0 Å². The molecule has 2 rings (SSSR count). The van der Waals surface area contributed by atoms with Gasteiger partial charge in [0.15, 0.2) is 0 Å². The van der Waals surface area contributed by atoms with Crippen LogP contribution in [0.4, 0.5) is 0 Å². The molecule has 4 nitrogen and oxygen atoms in total. The lowest BCUT2D eigenvalue weighted by Crippen LogP contribution is -2.00. The number of hydrogen-bond acceptors (Lipinski definition) is 4. The Hall–Kier alpha value is -1.94. The van der Waals surface area contributed by atoms with Crippen molar-refractivity contribution < 1.29 is 9.84 Å². The van der Waals surface area contributed by atoms with E-state index in [2.05, 4.69) is 9.97 Å². The maximum Gasteiger partial charge on any atom is 0.137 e. The highest BCUT2D eigenvalue weighted by Gasteiger charge is 2.10. The number of hydrogen-bond donors (Lipinski definition) is 1. The minimum Gasteiger partial charge on any atom is -0.495 e. The topological polar surface area (TPSA) is 55.2 Å². The van der Waals surface area contributed by atoms with Gasteiger partial charge >= 0.3 is 0 Å². The van der Waals surface area contributed by atoms with Crippen LogP contribution in [0.25, 0.3) is 0 Å². The van der Waals surface area contributed by atoms with Crippen molar-refractivity contribution in [2.45, 2.75) is 6.10 Å². The van der Waals surface area contributed by atoms with Crippen LogP contribution in [-0.4, -0.2) is 22.2 Å². The summed E-state index contributed by atoms with van der Waals surface area (Å²) in [6.07, 6.45) is 5.81. The Morgan fingerprint density at radius 1 is 1.12 bits per heavy atom. The standard InChI is InChI=1S/C12H12N2O2/c1-16-11-6-10(7-14-8-11)12(15)9-2-4-13-5-3-9/h2-8,12,15H,1H3. The van der Waals surface area contributed by atoms with Gasteiger partial charge < -0.3 is 9.84 Å². The summed E-state index contributed by atoms with van der Waals surface area (Å²) in [5.41, 5.74) is 1.48. The second-order valence-corrected chi connectivity index (χ2v) is 3.34. The van der Waals surface area contributed by atoms with Gasteiger partial charge in [0.2, 0.25) is 0 Å². The SMILES string of the molecule is COc1cncc(C(O)c2ccncc2)c1. The zero-order valence-corrected chi connectivity index (χ0v) is 8.87. The summed E-state index contributed by atoms with van der Waals surface area (Å²) in [4.78, 5) is 7.91. The Labute approximate surface area is 93.6 Å². The van der Waals surface area contributed by atoms with E-state index in [9.17, 15) is 5.11 Å². The molecule has 0 aliphatic heterocycles. The zero-order valence-electron chi connectivity index (χ0n) is 8.87. The summed E-state index contributed by atoms with van der Waals surface area (Å²) < 4.78 is 5.05. The molecule has 0 radical (unpaired) electrons. The highest BCUT2D eigenvalue weighted by Crippen LogP contribution is 2.23. The van der Waals surface area contributed by atoms with E-state index in [1.54, 1.807) is 50.1 Å². The van der Waals surface area contributed by atoms with Crippen molar-refractivity contribution in [1.29, 1.82) is 0 Å². The normalized spacial score (nSPS) is 12.1. The van der Waals surface area contributed by atoms with Crippen molar-refractivity contribution in [3.8, 4) is 5.75 Å². The fourth-order valence-corrected chi connectivity index (χ4v) is 1.43. The highest BCUT2D eigenvalue weighted by atomic mass is 16.5. The number of ether oxygens (including phenoxy) is 1. The summed E-state index contributed by atoms with van der Waals surface area (Å²) >= 11 is 0. The van der Waals surface area contributed by atoms with Crippen LogP contribution in [0.2, 0.25) is 0 Å². The Morgan fingerprint density at radius 2 is 1.88 bits per heavy atom. The predicted octanol–water partition coefficient (Wildman–Crippen LogP) is 1.57. The third kappa shape index (κ3) is 2.17. The summed E-state index contributed by atoms with van der Waals surface area (Å²) in [5.74, 6) is 0.630. The first kappa shape index (κ1) is 10.6. The first-order chi connectivity index (χ1) is 7.81. The van der Waals surface area contributed by atoms with E-state index >= 15 is 0 Å². The molecule has 2 heterocycles.